The van der Waals surface area contributed by atoms with Crippen molar-refractivity contribution in [2.24, 2.45) is 0 Å². The number of nitriles is 1. The van der Waals surface area contributed by atoms with E-state index in [0.717, 1.165) is 22.3 Å². The molecule has 0 aliphatic heterocycles. The number of carbonyl (C=O) groups is 1. The first kappa shape index (κ1) is 24.5. The number of carbonyl (C=O) groups excluding carboxylic acids is 1. The number of nitrogens with zero attached hydrogens (tertiary/aromatic N) is 1. The van der Waals surface area contributed by atoms with E-state index in [-0.39, 0.29) is 18.0 Å². The van der Waals surface area contributed by atoms with Crippen molar-refractivity contribution in [2.75, 3.05) is 11.9 Å². The van der Waals surface area contributed by atoms with Crippen LogP contribution in [0.1, 0.15) is 34.7 Å². The van der Waals surface area contributed by atoms with E-state index in [1.807, 2.05) is 45.9 Å². The van der Waals surface area contributed by atoms with Gasteiger partial charge in [0.25, 0.3) is 5.91 Å². The summed E-state index contributed by atoms with van der Waals surface area (Å²) in [6.07, 6.45) is 1.51. The van der Waals surface area contributed by atoms with Crippen molar-refractivity contribution in [3.05, 3.63) is 93.8 Å². The third-order valence-electron chi connectivity index (χ3n) is 5.17. The maximum Gasteiger partial charge on any atom is 0.266 e. The van der Waals surface area contributed by atoms with Gasteiger partial charge in [-0.1, -0.05) is 35.9 Å². The summed E-state index contributed by atoms with van der Waals surface area (Å²) >= 11 is 0. The molecule has 0 aliphatic rings. The van der Waals surface area contributed by atoms with Crippen LogP contribution in [0, 0.1) is 37.9 Å². The second kappa shape index (κ2) is 11.2. The molecule has 6 heteroatoms. The van der Waals surface area contributed by atoms with Crippen LogP contribution in [0.15, 0.2) is 60.2 Å². The van der Waals surface area contributed by atoms with E-state index in [1.54, 1.807) is 30.3 Å². The zero-order valence-electron chi connectivity index (χ0n) is 19.7. The molecule has 0 aliphatic carbocycles. The number of aryl methyl sites for hydroxylation is 3. The molecule has 0 heterocycles. The van der Waals surface area contributed by atoms with Crippen LogP contribution in [0.4, 0.5) is 10.1 Å². The third-order valence-corrected chi connectivity index (χ3v) is 5.17. The van der Waals surface area contributed by atoms with Gasteiger partial charge in [0, 0.05) is 5.69 Å². The van der Waals surface area contributed by atoms with Crippen LogP contribution in [0.2, 0.25) is 0 Å². The Morgan fingerprint density at radius 1 is 1.00 bits per heavy atom. The van der Waals surface area contributed by atoms with Crippen molar-refractivity contribution < 1.29 is 18.7 Å². The summed E-state index contributed by atoms with van der Waals surface area (Å²) in [6, 6.07) is 17.2. The zero-order valence-corrected chi connectivity index (χ0v) is 19.7. The molecule has 0 unspecified atom stereocenters. The molecular weight excluding hydrogens is 431 g/mol. The predicted octanol–water partition coefficient (Wildman–Crippen LogP) is 6.27. The first-order valence-electron chi connectivity index (χ1n) is 11.0. The normalized spacial score (nSPS) is 11.0. The van der Waals surface area contributed by atoms with Gasteiger partial charge >= 0.3 is 0 Å². The summed E-state index contributed by atoms with van der Waals surface area (Å²) in [7, 11) is 0. The van der Waals surface area contributed by atoms with Gasteiger partial charge in [0.15, 0.2) is 11.5 Å². The average Bonchev–Trinajstić information content (AvgIpc) is 2.80. The Balaban J connectivity index is 1.81. The van der Waals surface area contributed by atoms with E-state index < -0.39 is 5.91 Å². The number of hydrogen-bond donors (Lipinski definition) is 1. The van der Waals surface area contributed by atoms with Gasteiger partial charge in [-0.15, -0.1) is 0 Å². The van der Waals surface area contributed by atoms with Crippen molar-refractivity contribution in [3.63, 3.8) is 0 Å². The fourth-order valence-corrected chi connectivity index (χ4v) is 3.62. The molecule has 0 radical (unpaired) electrons. The topological polar surface area (TPSA) is 71.3 Å². The number of ether oxygens (including phenoxy) is 2. The van der Waals surface area contributed by atoms with Crippen LogP contribution in [0.3, 0.4) is 0 Å². The highest BCUT2D eigenvalue weighted by Gasteiger charge is 2.14. The van der Waals surface area contributed by atoms with Crippen LogP contribution in [-0.4, -0.2) is 12.5 Å². The summed E-state index contributed by atoms with van der Waals surface area (Å²) in [5.74, 6) is 0.213. The standard InChI is InChI=1S/C28H27FN2O3/c1-5-33-26-15-22(8-11-25(26)34-17-21-6-9-24(29)10-7-21)14-23(16-30)28(32)31-27-19(3)12-18(2)13-20(27)4/h6-15H,5,17H2,1-4H3,(H,31,32)/b23-14+. The number of halogens is 1. The minimum atomic E-state index is -0.479. The Hall–Kier alpha value is -4.11. The van der Waals surface area contributed by atoms with Gasteiger partial charge in [0.1, 0.15) is 24.1 Å². The number of rotatable bonds is 8. The molecule has 3 rings (SSSR count). The minimum absolute atomic E-state index is 0.0261. The van der Waals surface area contributed by atoms with E-state index in [9.17, 15) is 14.4 Å². The molecule has 0 fully saturated rings. The van der Waals surface area contributed by atoms with Gasteiger partial charge in [0.2, 0.25) is 0 Å². The highest BCUT2D eigenvalue weighted by atomic mass is 19.1. The van der Waals surface area contributed by atoms with Crippen LogP contribution < -0.4 is 14.8 Å². The summed E-state index contributed by atoms with van der Waals surface area (Å²) in [5.41, 5.74) is 5.10. The minimum Gasteiger partial charge on any atom is -0.490 e. The van der Waals surface area contributed by atoms with Gasteiger partial charge in [-0.2, -0.15) is 5.26 Å². The molecule has 34 heavy (non-hydrogen) atoms. The Labute approximate surface area is 199 Å². The van der Waals surface area contributed by atoms with Crippen molar-refractivity contribution in [2.45, 2.75) is 34.3 Å². The quantitative estimate of drug-likeness (QED) is 0.319. The van der Waals surface area contributed by atoms with Crippen molar-refractivity contribution >= 4 is 17.7 Å². The fraction of sp³-hybridized carbons (Fsp3) is 0.214. The largest absolute Gasteiger partial charge is 0.490 e. The molecule has 0 saturated carbocycles. The highest BCUT2D eigenvalue weighted by Crippen LogP contribution is 2.30. The van der Waals surface area contributed by atoms with Gasteiger partial charge in [-0.25, -0.2) is 4.39 Å². The van der Waals surface area contributed by atoms with Crippen molar-refractivity contribution in [3.8, 4) is 17.6 Å². The molecule has 3 aromatic carbocycles. The van der Waals surface area contributed by atoms with Crippen LogP contribution in [-0.2, 0) is 11.4 Å². The molecule has 0 spiro atoms. The molecule has 5 nitrogen and oxygen atoms in total. The lowest BCUT2D eigenvalue weighted by Gasteiger charge is -2.14. The van der Waals surface area contributed by atoms with Crippen LogP contribution in [0.25, 0.3) is 6.08 Å². The first-order chi connectivity index (χ1) is 16.3. The lowest BCUT2D eigenvalue weighted by molar-refractivity contribution is -0.112. The lowest BCUT2D eigenvalue weighted by Crippen LogP contribution is -2.15. The molecular formula is C28H27FN2O3. The van der Waals surface area contributed by atoms with Gasteiger partial charge < -0.3 is 14.8 Å². The molecule has 0 aromatic heterocycles. The van der Waals surface area contributed by atoms with Crippen molar-refractivity contribution in [1.29, 1.82) is 5.26 Å². The van der Waals surface area contributed by atoms with E-state index in [4.69, 9.17) is 9.47 Å². The lowest BCUT2D eigenvalue weighted by atomic mass is 10.0. The van der Waals surface area contributed by atoms with Crippen LogP contribution in [0.5, 0.6) is 11.5 Å². The number of amides is 1. The monoisotopic (exact) mass is 458 g/mol. The smallest absolute Gasteiger partial charge is 0.266 e. The Morgan fingerprint density at radius 3 is 2.29 bits per heavy atom. The molecule has 0 atom stereocenters. The molecule has 174 valence electrons. The van der Waals surface area contributed by atoms with Gasteiger partial charge in [0.05, 0.1) is 6.61 Å². The summed E-state index contributed by atoms with van der Waals surface area (Å²) < 4.78 is 24.7. The predicted molar refractivity (Wildman–Crippen MR) is 131 cm³/mol. The van der Waals surface area contributed by atoms with Gasteiger partial charge in [-0.05, 0) is 80.3 Å². The molecule has 1 N–H and O–H groups in total. The molecule has 0 saturated heterocycles. The first-order valence-corrected chi connectivity index (χ1v) is 11.0. The Kier molecular flexibility index (Phi) is 8.05. The second-order valence-corrected chi connectivity index (χ2v) is 7.95. The van der Waals surface area contributed by atoms with E-state index >= 15 is 0 Å². The maximum absolute atomic E-state index is 13.1. The zero-order chi connectivity index (χ0) is 24.7. The van der Waals surface area contributed by atoms with Gasteiger partial charge in [-0.3, -0.25) is 4.79 Å². The number of hydrogen-bond acceptors (Lipinski definition) is 4. The van der Waals surface area contributed by atoms with E-state index in [2.05, 4.69) is 5.32 Å². The Bertz CT molecular complexity index is 1230. The average molecular weight is 459 g/mol. The number of nitrogens with one attached hydrogen (secondary N) is 1. The van der Waals surface area contributed by atoms with E-state index in [1.165, 1.54) is 18.2 Å². The third kappa shape index (κ3) is 6.23. The number of anilines is 1. The summed E-state index contributed by atoms with van der Waals surface area (Å²) in [5, 5.41) is 12.5. The second-order valence-electron chi connectivity index (χ2n) is 7.95. The molecule has 0 bridgehead atoms. The highest BCUT2D eigenvalue weighted by molar-refractivity contribution is 6.10. The Morgan fingerprint density at radius 2 is 1.68 bits per heavy atom. The fourth-order valence-electron chi connectivity index (χ4n) is 3.62. The van der Waals surface area contributed by atoms with Crippen molar-refractivity contribution in [1.82, 2.24) is 0 Å². The summed E-state index contributed by atoms with van der Waals surface area (Å²) in [6.45, 7) is 8.35. The SMILES string of the molecule is CCOc1cc(/C=C(\C#N)C(=O)Nc2c(C)cc(C)cc2C)ccc1OCc1ccc(F)cc1. The van der Waals surface area contributed by atoms with Crippen LogP contribution >= 0.6 is 0 Å². The van der Waals surface area contributed by atoms with E-state index in [0.29, 0.717) is 29.4 Å². The molecule has 1 amide bonds. The summed E-state index contributed by atoms with van der Waals surface area (Å²) in [4.78, 5) is 12.8. The number of benzene rings is 3. The molecule has 3 aromatic rings. The maximum atomic E-state index is 13.1.